The Balaban J connectivity index is 1.66. The van der Waals surface area contributed by atoms with Crippen LogP contribution < -0.4 is 10.1 Å². The van der Waals surface area contributed by atoms with E-state index in [1.807, 2.05) is 0 Å². The molecule has 0 saturated carbocycles. The van der Waals surface area contributed by atoms with Crippen molar-refractivity contribution in [3.8, 4) is 11.3 Å². The topological polar surface area (TPSA) is 112 Å². The number of aromatic carboxylic acids is 1. The maximum absolute atomic E-state index is 13.7. The number of hydrazone groups is 1. The van der Waals surface area contributed by atoms with E-state index < -0.39 is 35.3 Å². The van der Waals surface area contributed by atoms with Gasteiger partial charge in [-0.05, 0) is 61.0 Å². The van der Waals surface area contributed by atoms with Gasteiger partial charge in [-0.2, -0.15) is 23.3 Å². The Labute approximate surface area is 201 Å². The zero-order chi connectivity index (χ0) is 26.0. The van der Waals surface area contributed by atoms with Crippen molar-refractivity contribution >= 4 is 35.3 Å². The molecule has 11 heteroatoms. The molecule has 2 heterocycles. The molecular formula is C25H16F3N2O6-. The summed E-state index contributed by atoms with van der Waals surface area (Å²) in [6.45, 7) is 1.78. The number of ether oxygens (including phenoxy) is 1. The van der Waals surface area contributed by atoms with Crippen molar-refractivity contribution in [1.82, 2.24) is 0 Å². The van der Waals surface area contributed by atoms with E-state index in [0.717, 1.165) is 6.08 Å². The third-order valence-electron chi connectivity index (χ3n) is 5.07. The van der Waals surface area contributed by atoms with Crippen molar-refractivity contribution in [3.05, 3.63) is 83.1 Å². The first-order valence-electron chi connectivity index (χ1n) is 10.5. The molecule has 0 spiro atoms. The molecule has 1 aromatic heterocycles. The van der Waals surface area contributed by atoms with E-state index in [0.29, 0.717) is 10.6 Å². The number of halogens is 3. The van der Waals surface area contributed by atoms with Gasteiger partial charge in [0.05, 0.1) is 29.4 Å². The highest BCUT2D eigenvalue weighted by atomic mass is 19.4. The molecular weight excluding hydrogens is 481 g/mol. The Morgan fingerprint density at radius 3 is 2.44 bits per heavy atom. The van der Waals surface area contributed by atoms with Crippen molar-refractivity contribution in [2.45, 2.75) is 13.1 Å². The van der Waals surface area contributed by atoms with Crippen molar-refractivity contribution in [2.75, 3.05) is 11.6 Å². The van der Waals surface area contributed by atoms with Crippen molar-refractivity contribution in [1.29, 1.82) is 0 Å². The molecule has 8 nitrogen and oxygen atoms in total. The molecule has 0 bridgehead atoms. The first kappa shape index (κ1) is 24.5. The summed E-state index contributed by atoms with van der Waals surface area (Å²) >= 11 is 0. The van der Waals surface area contributed by atoms with Gasteiger partial charge in [-0.3, -0.25) is 4.79 Å². The van der Waals surface area contributed by atoms with Gasteiger partial charge in [-0.15, -0.1) is 0 Å². The zero-order valence-corrected chi connectivity index (χ0v) is 18.5. The van der Waals surface area contributed by atoms with E-state index in [4.69, 9.17) is 9.15 Å². The Morgan fingerprint density at radius 1 is 1.08 bits per heavy atom. The van der Waals surface area contributed by atoms with E-state index >= 15 is 0 Å². The van der Waals surface area contributed by atoms with Gasteiger partial charge in [-0.1, -0.05) is 18.2 Å². The number of amides is 1. The minimum atomic E-state index is -4.95. The summed E-state index contributed by atoms with van der Waals surface area (Å²) in [7, 11) is 0. The third kappa shape index (κ3) is 4.90. The standard InChI is InChI=1S/C25H17F3N2O6/c1-2-35-24(34)14-6-8-17(9-7-14)30-22(31)19(21(29-30)25(26,27)28)13-18-10-11-20(36-18)15-4-3-5-16(12-15)23(32)33/h3-13H,2H2,1H3,(H,32,33)/p-1/b19-13-. The molecule has 3 aromatic rings. The number of esters is 1. The van der Waals surface area contributed by atoms with Crippen LogP contribution in [0.5, 0.6) is 0 Å². The van der Waals surface area contributed by atoms with Crippen LogP contribution in [0, 0.1) is 0 Å². The van der Waals surface area contributed by atoms with Crippen LogP contribution in [0.4, 0.5) is 18.9 Å². The Kier molecular flexibility index (Phi) is 6.47. The summed E-state index contributed by atoms with van der Waals surface area (Å²) in [6, 6.07) is 13.6. The summed E-state index contributed by atoms with van der Waals surface area (Å²) in [6.07, 6.45) is -4.03. The maximum atomic E-state index is 13.7. The highest BCUT2D eigenvalue weighted by molar-refractivity contribution is 6.34. The number of carboxylic acid groups (broad SMARTS) is 1. The lowest BCUT2D eigenvalue weighted by Crippen LogP contribution is -2.25. The fourth-order valence-electron chi connectivity index (χ4n) is 3.41. The van der Waals surface area contributed by atoms with Crippen LogP contribution in [0.3, 0.4) is 0 Å². The molecule has 0 aliphatic carbocycles. The Hall–Kier alpha value is -4.67. The lowest BCUT2D eigenvalue weighted by atomic mass is 10.1. The predicted molar refractivity (Wildman–Crippen MR) is 120 cm³/mol. The van der Waals surface area contributed by atoms with Gasteiger partial charge in [0.1, 0.15) is 11.5 Å². The molecule has 184 valence electrons. The zero-order valence-electron chi connectivity index (χ0n) is 18.5. The summed E-state index contributed by atoms with van der Waals surface area (Å²) in [5.74, 6) is -2.97. The molecule has 4 rings (SSSR count). The molecule has 0 atom stereocenters. The first-order valence-corrected chi connectivity index (χ1v) is 10.5. The highest BCUT2D eigenvalue weighted by Crippen LogP contribution is 2.33. The normalized spacial score (nSPS) is 14.8. The average molecular weight is 497 g/mol. The largest absolute Gasteiger partial charge is 0.545 e. The number of carbonyl (C=O) groups excluding carboxylic acids is 3. The highest BCUT2D eigenvalue weighted by Gasteiger charge is 2.47. The number of hydrogen-bond acceptors (Lipinski definition) is 7. The quantitative estimate of drug-likeness (QED) is 0.378. The van der Waals surface area contributed by atoms with Crippen molar-refractivity contribution in [2.24, 2.45) is 5.10 Å². The van der Waals surface area contributed by atoms with Crippen LogP contribution in [0.15, 0.2) is 75.8 Å². The van der Waals surface area contributed by atoms with Crippen LogP contribution in [-0.2, 0) is 9.53 Å². The summed E-state index contributed by atoms with van der Waals surface area (Å²) in [5, 5.41) is 15.1. The summed E-state index contributed by atoms with van der Waals surface area (Å²) < 4.78 is 51.6. The van der Waals surface area contributed by atoms with Crippen LogP contribution in [0.1, 0.15) is 33.4 Å². The number of furan rings is 1. The van der Waals surface area contributed by atoms with Crippen LogP contribution in [-0.4, -0.2) is 36.3 Å². The fourth-order valence-corrected chi connectivity index (χ4v) is 3.41. The average Bonchev–Trinajstić information content (AvgIpc) is 3.44. The summed E-state index contributed by atoms with van der Waals surface area (Å²) in [4.78, 5) is 35.8. The van der Waals surface area contributed by atoms with E-state index in [9.17, 15) is 32.7 Å². The Bertz CT molecular complexity index is 1400. The lowest BCUT2D eigenvalue weighted by Gasteiger charge is -2.12. The molecule has 36 heavy (non-hydrogen) atoms. The van der Waals surface area contributed by atoms with Crippen LogP contribution in [0.25, 0.3) is 17.4 Å². The second-order valence-electron chi connectivity index (χ2n) is 7.46. The minimum Gasteiger partial charge on any atom is -0.545 e. The lowest BCUT2D eigenvalue weighted by molar-refractivity contribution is -0.255. The van der Waals surface area contributed by atoms with Crippen molar-refractivity contribution in [3.63, 3.8) is 0 Å². The van der Waals surface area contributed by atoms with Gasteiger partial charge >= 0.3 is 12.1 Å². The smallest absolute Gasteiger partial charge is 0.435 e. The van der Waals surface area contributed by atoms with Crippen LogP contribution in [0.2, 0.25) is 0 Å². The van der Waals surface area contributed by atoms with Gasteiger partial charge in [0.25, 0.3) is 5.91 Å². The number of carbonyl (C=O) groups is 3. The number of carboxylic acids is 1. The van der Waals surface area contributed by atoms with E-state index in [1.54, 1.807) is 13.0 Å². The molecule has 0 radical (unpaired) electrons. The second kappa shape index (κ2) is 9.53. The first-order chi connectivity index (χ1) is 17.1. The number of alkyl halides is 3. The number of rotatable bonds is 6. The number of benzene rings is 2. The van der Waals surface area contributed by atoms with Gasteiger partial charge < -0.3 is 19.1 Å². The second-order valence-corrected chi connectivity index (χ2v) is 7.46. The molecule has 0 fully saturated rings. The van der Waals surface area contributed by atoms with Gasteiger partial charge in [0, 0.05) is 5.56 Å². The van der Waals surface area contributed by atoms with E-state index in [-0.39, 0.29) is 34.9 Å². The van der Waals surface area contributed by atoms with Crippen LogP contribution >= 0.6 is 0 Å². The minimum absolute atomic E-state index is 0.0115. The predicted octanol–water partition coefficient (Wildman–Crippen LogP) is 3.84. The molecule has 2 aromatic carbocycles. The van der Waals surface area contributed by atoms with E-state index in [1.165, 1.54) is 54.6 Å². The summed E-state index contributed by atoms with van der Waals surface area (Å²) in [5.41, 5.74) is -1.75. The van der Waals surface area contributed by atoms with Crippen molar-refractivity contribution < 1.29 is 41.8 Å². The molecule has 0 unspecified atom stereocenters. The third-order valence-corrected chi connectivity index (χ3v) is 5.07. The molecule has 1 aliphatic rings. The van der Waals surface area contributed by atoms with Gasteiger partial charge in [-0.25, -0.2) is 4.79 Å². The SMILES string of the molecule is CCOC(=O)c1ccc(N2N=C(C(F)(F)F)/C(=C/c3ccc(-c4cccc(C(=O)[O-])c4)o3)C2=O)cc1. The molecule has 0 N–H and O–H groups in total. The van der Waals surface area contributed by atoms with E-state index in [2.05, 4.69) is 5.10 Å². The maximum Gasteiger partial charge on any atom is 0.435 e. The molecule has 1 amide bonds. The Morgan fingerprint density at radius 2 is 1.81 bits per heavy atom. The van der Waals surface area contributed by atoms with Gasteiger partial charge in [0.15, 0.2) is 5.71 Å². The number of anilines is 1. The number of nitrogens with zero attached hydrogens (tertiary/aromatic N) is 2. The fraction of sp³-hybridized carbons (Fsp3) is 0.120. The molecule has 0 saturated heterocycles. The number of hydrogen-bond donors (Lipinski definition) is 0. The molecule has 1 aliphatic heterocycles. The monoisotopic (exact) mass is 497 g/mol. The van der Waals surface area contributed by atoms with Gasteiger partial charge in [0.2, 0.25) is 0 Å².